The van der Waals surface area contributed by atoms with Gasteiger partial charge in [0.25, 0.3) is 0 Å². The zero-order valence-electron chi connectivity index (χ0n) is 23.8. The number of hydrogen-bond acceptors (Lipinski definition) is 13. The van der Waals surface area contributed by atoms with E-state index in [1.165, 1.54) is 12.1 Å². The van der Waals surface area contributed by atoms with Gasteiger partial charge in [-0.1, -0.05) is 0 Å². The van der Waals surface area contributed by atoms with Gasteiger partial charge in [0.05, 0.1) is 32.9 Å². The fraction of sp³-hybridized carbons (Fsp3) is 0.0714. The molecule has 0 atom stereocenters. The first-order valence-electron chi connectivity index (χ1n) is 13.4. The lowest BCUT2D eigenvalue weighted by Crippen LogP contribution is -2.18. The van der Waals surface area contributed by atoms with Gasteiger partial charge in [-0.25, -0.2) is 0 Å². The van der Waals surface area contributed by atoms with E-state index in [4.69, 9.17) is 0 Å². The molecule has 3 aromatic carbocycles. The molecule has 0 saturated heterocycles. The molecule has 254 valence electrons. The highest BCUT2D eigenvalue weighted by Crippen LogP contribution is 2.55. The molecular weight excluding hydrogens is 759 g/mol. The van der Waals surface area contributed by atoms with Gasteiger partial charge < -0.3 is 9.47 Å². The van der Waals surface area contributed by atoms with E-state index >= 15 is 0 Å². The summed E-state index contributed by atoms with van der Waals surface area (Å²) < 4.78 is 104. The minimum Gasteiger partial charge on any atom is -0.398 e. The van der Waals surface area contributed by atoms with Gasteiger partial charge in [0.1, 0.15) is 22.4 Å². The fourth-order valence-electron chi connectivity index (χ4n) is 5.03. The fourth-order valence-corrected chi connectivity index (χ4v) is 8.25. The number of nitro groups is 2. The Labute approximate surface area is 288 Å². The Morgan fingerprint density at radius 3 is 1.38 bits per heavy atom. The quantitative estimate of drug-likeness (QED) is 0.0840. The molecule has 0 saturated carbocycles. The summed E-state index contributed by atoms with van der Waals surface area (Å²) in [5.41, 5.74) is 1.51. The molecule has 0 fully saturated rings. The minimum absolute atomic E-state index is 0.226. The van der Waals surface area contributed by atoms with Crippen LogP contribution in [-0.4, -0.2) is 31.3 Å². The zero-order valence-corrected chi connectivity index (χ0v) is 27.1. The minimum atomic E-state index is -5.16. The number of nitrogens with zero attached hydrogens (tertiary/aromatic N) is 6. The summed E-state index contributed by atoms with van der Waals surface area (Å²) in [6.07, 6.45) is -10.3. The van der Waals surface area contributed by atoms with Gasteiger partial charge >= 0.3 is 24.1 Å². The van der Waals surface area contributed by atoms with Gasteiger partial charge in [-0.2, -0.15) is 17.5 Å². The Morgan fingerprint density at radius 2 is 1.00 bits per heavy atom. The molecule has 7 rings (SSSR count). The molecule has 1 aliphatic rings. The second kappa shape index (κ2) is 12.2. The molecule has 50 heavy (non-hydrogen) atoms. The van der Waals surface area contributed by atoms with E-state index in [-0.39, 0.29) is 11.1 Å². The van der Waals surface area contributed by atoms with Crippen molar-refractivity contribution in [1.82, 2.24) is 8.75 Å². The first-order valence-corrected chi connectivity index (χ1v) is 16.5. The lowest BCUT2D eigenvalue weighted by molar-refractivity contribution is -0.388. The van der Waals surface area contributed by atoms with Crippen molar-refractivity contribution in [1.29, 1.82) is 0 Å². The Balaban J connectivity index is 1.29. The summed E-state index contributed by atoms with van der Waals surface area (Å²) in [5.74, 6) is -1.94. The van der Waals surface area contributed by atoms with Crippen molar-refractivity contribution in [2.45, 2.75) is 12.7 Å². The lowest BCUT2D eigenvalue weighted by atomic mass is 10.0. The Hall–Kier alpha value is -5.32. The maximum Gasteiger partial charge on any atom is 0.573 e. The van der Waals surface area contributed by atoms with Crippen LogP contribution >= 0.6 is 34.4 Å². The lowest BCUT2D eigenvalue weighted by Gasteiger charge is -2.11. The third kappa shape index (κ3) is 6.28. The number of hydrogen-bond donors (Lipinski definition) is 0. The Kier molecular flexibility index (Phi) is 8.11. The number of fused-ring (bicyclic) bond motifs is 2. The van der Waals surface area contributed by atoms with Gasteiger partial charge in [-0.05, 0) is 59.7 Å². The summed E-state index contributed by atoms with van der Waals surface area (Å²) in [6, 6.07) is 12.9. The van der Waals surface area contributed by atoms with E-state index in [9.17, 15) is 46.6 Å². The molecule has 0 unspecified atom stereocenters. The molecule has 0 aliphatic carbocycles. The number of aromatic nitrogens is 2. The smallest absolute Gasteiger partial charge is 0.398 e. The first kappa shape index (κ1) is 33.2. The number of halogens is 6. The van der Waals surface area contributed by atoms with E-state index in [1.54, 1.807) is 24.3 Å². The number of ether oxygens (including phenoxy) is 2. The molecule has 0 N–H and O–H groups in total. The monoisotopic (exact) mass is 768 g/mol. The average molecular weight is 769 g/mol. The summed E-state index contributed by atoms with van der Waals surface area (Å²) in [5, 5.41) is 22.6. The van der Waals surface area contributed by atoms with E-state index in [2.05, 4.69) is 26.9 Å². The first-order chi connectivity index (χ1) is 23.7. The topological polar surface area (TPSA) is 155 Å². The number of thiophene rings is 2. The third-order valence-corrected chi connectivity index (χ3v) is 10.3. The molecule has 0 amide bonds. The van der Waals surface area contributed by atoms with Crippen LogP contribution in [0.1, 0.15) is 0 Å². The van der Waals surface area contributed by atoms with Crippen LogP contribution in [0.5, 0.6) is 11.5 Å². The van der Waals surface area contributed by atoms with Crippen LogP contribution < -0.4 is 9.47 Å². The van der Waals surface area contributed by atoms with Crippen molar-refractivity contribution in [2.75, 3.05) is 0 Å². The zero-order chi connectivity index (χ0) is 35.5. The van der Waals surface area contributed by atoms with E-state index < -0.39 is 45.4 Å². The van der Waals surface area contributed by atoms with Gasteiger partial charge in [-0.3, -0.25) is 20.2 Å². The number of rotatable bonds is 8. The standard InChI is InChI=1S/C28H10F6N6O6S4/c29-27(30,31)45-15-9-11(1-3-13(15)39(41)42)17-5-7-19(47-17)21-23-25(37-49-35-23)22(26-24(21)36-50-38-26)20-8-6-18(48-20)12-2-4-14(40(43)44)16(10-12)46-28(32,33)34/h1-10H. The van der Waals surface area contributed by atoms with Crippen LogP contribution in [0.3, 0.4) is 0 Å². The predicted molar refractivity (Wildman–Crippen MR) is 173 cm³/mol. The van der Waals surface area contributed by atoms with Crippen LogP contribution in [0.4, 0.5) is 49.1 Å². The maximum atomic E-state index is 13.0. The van der Waals surface area contributed by atoms with Crippen molar-refractivity contribution >= 4 is 79.5 Å². The van der Waals surface area contributed by atoms with Gasteiger partial charge in [-0.15, -0.1) is 49.0 Å². The second-order valence-electron chi connectivity index (χ2n) is 9.98. The highest BCUT2D eigenvalue weighted by atomic mass is 32.1. The molecule has 1 aliphatic heterocycles. The predicted octanol–water partition coefficient (Wildman–Crippen LogP) is 10.8. The second-order valence-corrected chi connectivity index (χ2v) is 13.2. The molecule has 4 heterocycles. The van der Waals surface area contributed by atoms with Crippen LogP contribution in [0.15, 0.2) is 69.4 Å². The number of nitro benzene ring substituents is 2. The number of benzene rings is 3. The van der Waals surface area contributed by atoms with Crippen molar-refractivity contribution < 1.29 is 45.7 Å². The highest BCUT2D eigenvalue weighted by molar-refractivity contribution is 7.58. The van der Waals surface area contributed by atoms with Crippen LogP contribution in [-0.2, 0) is 11.4 Å². The van der Waals surface area contributed by atoms with E-state index in [0.29, 0.717) is 53.0 Å². The van der Waals surface area contributed by atoms with Gasteiger partial charge in [0.15, 0.2) is 0 Å². The molecule has 6 aromatic rings. The molecule has 22 heteroatoms. The summed E-state index contributed by atoms with van der Waals surface area (Å²) in [4.78, 5) is 22.8. The van der Waals surface area contributed by atoms with Gasteiger partial charge in [0, 0.05) is 42.8 Å². The van der Waals surface area contributed by atoms with Crippen LogP contribution in [0, 0.1) is 20.2 Å². The average Bonchev–Trinajstić information content (AvgIpc) is 3.85. The molecular formula is C28H10F6N6O6S4. The normalized spacial score (nSPS) is 12.6. The Bertz CT molecular complexity index is 2290. The summed E-state index contributed by atoms with van der Waals surface area (Å²) in [7, 11) is 0. The largest absolute Gasteiger partial charge is 0.573 e. The van der Waals surface area contributed by atoms with Crippen LogP contribution in [0.25, 0.3) is 52.8 Å². The number of alkyl halides is 6. The van der Waals surface area contributed by atoms with E-state index in [1.807, 2.05) is 0 Å². The van der Waals surface area contributed by atoms with Gasteiger partial charge in [0.2, 0.25) is 11.5 Å². The highest BCUT2D eigenvalue weighted by Gasteiger charge is 2.36. The summed E-state index contributed by atoms with van der Waals surface area (Å²) in [6.45, 7) is 0. The third-order valence-electron chi connectivity index (χ3n) is 6.96. The molecule has 3 aromatic heterocycles. The molecule has 0 radical (unpaired) electrons. The van der Waals surface area contributed by atoms with Crippen molar-refractivity contribution in [3.05, 3.63) is 80.9 Å². The van der Waals surface area contributed by atoms with Crippen LogP contribution in [0.2, 0.25) is 0 Å². The van der Waals surface area contributed by atoms with E-state index in [0.717, 1.165) is 70.0 Å². The summed E-state index contributed by atoms with van der Waals surface area (Å²) >= 11 is 4.11. The SMILES string of the molecule is O=[N+]([O-])c1ccc(-c2ccc(-c3c4c(c(-c5ccc(-c6ccc([N+](=O)[O-])c(OC(F)(F)F)c6)s5)c5nsnc35)N=S=N4)s2)cc1OC(F)(F)F. The maximum absolute atomic E-state index is 13.0. The van der Waals surface area contributed by atoms with Crippen molar-refractivity contribution in [2.24, 2.45) is 8.73 Å². The van der Waals surface area contributed by atoms with Crippen molar-refractivity contribution in [3.8, 4) is 53.3 Å². The molecule has 0 bridgehead atoms. The van der Waals surface area contributed by atoms with Crippen molar-refractivity contribution in [3.63, 3.8) is 0 Å². The molecule has 12 nitrogen and oxygen atoms in total. The molecule has 0 spiro atoms. The Morgan fingerprint density at radius 1 is 0.600 bits per heavy atom.